The van der Waals surface area contributed by atoms with Gasteiger partial charge in [-0.15, -0.1) is 0 Å². The molecular weight excluding hydrogens is 428 g/mol. The summed E-state index contributed by atoms with van der Waals surface area (Å²) in [6.45, 7) is 0.696. The molecule has 0 aliphatic carbocycles. The fourth-order valence-electron chi connectivity index (χ4n) is 1.81. The summed E-state index contributed by atoms with van der Waals surface area (Å²) >= 11 is 5.69. The first-order chi connectivity index (χ1) is 12.8. The molecule has 12 heteroatoms. The van der Waals surface area contributed by atoms with Gasteiger partial charge in [-0.1, -0.05) is 11.6 Å². The number of hydrogen-bond donors (Lipinski definition) is 0. The predicted molar refractivity (Wildman–Crippen MR) is 78.8 cm³/mol. The maximum Gasteiger partial charge on any atom is 0.425 e. The molecule has 0 aliphatic rings. The van der Waals surface area contributed by atoms with Crippen molar-refractivity contribution in [2.24, 2.45) is 0 Å². The summed E-state index contributed by atoms with van der Waals surface area (Å²) in [6.07, 6.45) is -6.94. The summed E-state index contributed by atoms with van der Waals surface area (Å²) < 4.78 is 112. The van der Waals surface area contributed by atoms with Crippen LogP contribution in [0.5, 0.6) is 11.5 Å². The smallest absolute Gasteiger partial charge is 0.425 e. The van der Waals surface area contributed by atoms with Crippen molar-refractivity contribution in [1.82, 2.24) is 0 Å². The van der Waals surface area contributed by atoms with E-state index in [0.29, 0.717) is 6.92 Å². The van der Waals surface area contributed by atoms with Gasteiger partial charge in [0.15, 0.2) is 6.10 Å². The number of benzene rings is 2. The molecular formula is C16H7ClF8O3. The fourth-order valence-corrected chi connectivity index (χ4v) is 2.03. The Labute approximate surface area is 156 Å². The lowest BCUT2D eigenvalue weighted by Crippen LogP contribution is -2.31. The standard InChI is InChI=1S/C16H7ClF8O3/c1-5(16(23,24)25)27-8-3-2-6(4-7(8)17)15(26)28-14-12(21)10(19)9(18)11(20)13(14)22/h2-5H,1H3/t5-/m1/s1. The molecule has 0 saturated heterocycles. The van der Waals surface area contributed by atoms with Crippen molar-refractivity contribution in [2.45, 2.75) is 19.2 Å². The molecule has 152 valence electrons. The number of carbonyl (C=O) groups is 1. The van der Waals surface area contributed by atoms with Gasteiger partial charge in [0.1, 0.15) is 5.75 Å². The quantitative estimate of drug-likeness (QED) is 0.207. The minimum atomic E-state index is -4.70. The Kier molecular flexibility index (Phi) is 6.07. The first-order valence-corrected chi connectivity index (χ1v) is 7.49. The second-order valence-electron chi connectivity index (χ2n) is 5.24. The van der Waals surface area contributed by atoms with Crippen LogP contribution < -0.4 is 9.47 Å². The van der Waals surface area contributed by atoms with Gasteiger partial charge in [-0.2, -0.15) is 22.0 Å². The van der Waals surface area contributed by atoms with E-state index in [1.165, 1.54) is 0 Å². The van der Waals surface area contributed by atoms with Crippen LogP contribution in [-0.2, 0) is 0 Å². The van der Waals surface area contributed by atoms with E-state index in [1.54, 1.807) is 0 Å². The van der Waals surface area contributed by atoms with E-state index < -0.39 is 69.4 Å². The molecule has 0 radical (unpaired) electrons. The molecule has 0 saturated carbocycles. The van der Waals surface area contributed by atoms with Gasteiger partial charge >= 0.3 is 12.1 Å². The summed E-state index contributed by atoms with van der Waals surface area (Å²) in [4.78, 5) is 11.9. The van der Waals surface area contributed by atoms with E-state index in [2.05, 4.69) is 9.47 Å². The summed E-state index contributed by atoms with van der Waals surface area (Å²) in [7, 11) is 0. The molecule has 0 spiro atoms. The second kappa shape index (κ2) is 7.82. The van der Waals surface area contributed by atoms with Crippen LogP contribution in [0.1, 0.15) is 17.3 Å². The highest BCUT2D eigenvalue weighted by Crippen LogP contribution is 2.32. The monoisotopic (exact) mass is 434 g/mol. The van der Waals surface area contributed by atoms with E-state index in [4.69, 9.17) is 11.6 Å². The van der Waals surface area contributed by atoms with Crippen molar-refractivity contribution in [2.75, 3.05) is 0 Å². The average molecular weight is 435 g/mol. The van der Waals surface area contributed by atoms with Crippen LogP contribution in [-0.4, -0.2) is 18.2 Å². The minimum Gasteiger partial charge on any atom is -0.480 e. The number of rotatable bonds is 4. The highest BCUT2D eigenvalue weighted by Gasteiger charge is 2.38. The molecule has 3 nitrogen and oxygen atoms in total. The van der Waals surface area contributed by atoms with Gasteiger partial charge in [-0.3, -0.25) is 0 Å². The van der Waals surface area contributed by atoms with Crippen molar-refractivity contribution >= 4 is 17.6 Å². The molecule has 0 aromatic heterocycles. The van der Waals surface area contributed by atoms with Crippen LogP contribution in [0.4, 0.5) is 35.1 Å². The van der Waals surface area contributed by atoms with Gasteiger partial charge < -0.3 is 9.47 Å². The lowest BCUT2D eigenvalue weighted by molar-refractivity contribution is -0.189. The number of halogens is 9. The molecule has 0 amide bonds. The highest BCUT2D eigenvalue weighted by molar-refractivity contribution is 6.32. The Morgan fingerprint density at radius 1 is 0.964 bits per heavy atom. The first-order valence-electron chi connectivity index (χ1n) is 7.11. The van der Waals surface area contributed by atoms with Crippen LogP contribution in [0.15, 0.2) is 18.2 Å². The van der Waals surface area contributed by atoms with Gasteiger partial charge in [-0.05, 0) is 25.1 Å². The first kappa shape index (κ1) is 21.7. The number of ether oxygens (including phenoxy) is 2. The highest BCUT2D eigenvalue weighted by atomic mass is 35.5. The van der Waals surface area contributed by atoms with E-state index >= 15 is 0 Å². The van der Waals surface area contributed by atoms with Crippen molar-refractivity contribution in [3.63, 3.8) is 0 Å². The maximum absolute atomic E-state index is 13.5. The molecule has 2 aromatic rings. The van der Waals surface area contributed by atoms with Gasteiger partial charge in [0.25, 0.3) is 0 Å². The topological polar surface area (TPSA) is 35.5 Å². The predicted octanol–water partition coefficient (Wildman–Crippen LogP) is 5.58. The Bertz CT molecular complexity index is 900. The number of esters is 1. The van der Waals surface area contributed by atoms with E-state index in [-0.39, 0.29) is 0 Å². The average Bonchev–Trinajstić information content (AvgIpc) is 2.62. The van der Waals surface area contributed by atoms with Crippen LogP contribution in [0.25, 0.3) is 0 Å². The van der Waals surface area contributed by atoms with E-state index in [0.717, 1.165) is 18.2 Å². The van der Waals surface area contributed by atoms with E-state index in [9.17, 15) is 39.9 Å². The normalized spacial score (nSPS) is 12.6. The Morgan fingerprint density at radius 2 is 1.46 bits per heavy atom. The van der Waals surface area contributed by atoms with Crippen molar-refractivity contribution < 1.29 is 49.4 Å². The molecule has 0 N–H and O–H groups in total. The summed E-state index contributed by atoms with van der Waals surface area (Å²) in [5.74, 6) is -15.8. The van der Waals surface area contributed by atoms with Gasteiger partial charge in [-0.25, -0.2) is 18.0 Å². The number of carbonyl (C=O) groups excluding carboxylic acids is 1. The van der Waals surface area contributed by atoms with E-state index in [1.807, 2.05) is 0 Å². The zero-order valence-electron chi connectivity index (χ0n) is 13.4. The minimum absolute atomic E-state index is 0.473. The Balaban J connectivity index is 2.29. The molecule has 2 rings (SSSR count). The number of alkyl halides is 3. The Hall–Kier alpha value is -2.56. The molecule has 2 aromatic carbocycles. The third kappa shape index (κ3) is 4.29. The Morgan fingerprint density at radius 3 is 1.93 bits per heavy atom. The molecule has 0 aliphatic heterocycles. The third-order valence-electron chi connectivity index (χ3n) is 3.30. The largest absolute Gasteiger partial charge is 0.480 e. The van der Waals surface area contributed by atoms with Crippen LogP contribution >= 0.6 is 11.6 Å². The molecule has 0 fully saturated rings. The molecule has 0 bridgehead atoms. The van der Waals surface area contributed by atoms with Crippen LogP contribution in [0.2, 0.25) is 5.02 Å². The second-order valence-corrected chi connectivity index (χ2v) is 5.64. The van der Waals surface area contributed by atoms with Gasteiger partial charge in [0, 0.05) is 0 Å². The summed E-state index contributed by atoms with van der Waals surface area (Å²) in [5, 5.41) is -0.497. The van der Waals surface area contributed by atoms with Crippen LogP contribution in [0, 0.1) is 29.1 Å². The maximum atomic E-state index is 13.5. The zero-order valence-corrected chi connectivity index (χ0v) is 14.2. The summed E-state index contributed by atoms with van der Waals surface area (Å²) in [5.41, 5.74) is -0.555. The lowest BCUT2D eigenvalue weighted by atomic mass is 10.2. The fraction of sp³-hybridized carbons (Fsp3) is 0.188. The van der Waals surface area contributed by atoms with Crippen molar-refractivity contribution in [1.29, 1.82) is 0 Å². The third-order valence-corrected chi connectivity index (χ3v) is 3.59. The lowest BCUT2D eigenvalue weighted by Gasteiger charge is -2.18. The van der Waals surface area contributed by atoms with Gasteiger partial charge in [0.05, 0.1) is 10.6 Å². The van der Waals surface area contributed by atoms with Crippen LogP contribution in [0.3, 0.4) is 0 Å². The SMILES string of the molecule is C[C@@H](Oc1ccc(C(=O)Oc2c(F)c(F)c(F)c(F)c2F)cc1Cl)C(F)(F)F. The van der Waals surface area contributed by atoms with Crippen molar-refractivity contribution in [3.8, 4) is 11.5 Å². The molecule has 28 heavy (non-hydrogen) atoms. The number of hydrogen-bond acceptors (Lipinski definition) is 3. The molecule has 0 heterocycles. The van der Waals surface area contributed by atoms with Crippen molar-refractivity contribution in [3.05, 3.63) is 57.9 Å². The summed E-state index contributed by atoms with van der Waals surface area (Å²) in [6, 6.07) is 2.38. The molecule has 0 unspecified atom stereocenters. The molecule has 1 atom stereocenters. The van der Waals surface area contributed by atoms with Gasteiger partial charge in [0.2, 0.25) is 34.8 Å². The zero-order chi connectivity index (χ0) is 21.4.